The second-order valence-corrected chi connectivity index (χ2v) is 5.45. The fourth-order valence-electron chi connectivity index (χ4n) is 2.83. The minimum absolute atomic E-state index is 0.0175. The highest BCUT2D eigenvalue weighted by Gasteiger charge is 2.38. The van der Waals surface area contributed by atoms with Gasteiger partial charge in [-0.3, -0.25) is 14.5 Å². The van der Waals surface area contributed by atoms with E-state index in [2.05, 4.69) is 19.1 Å². The average molecular weight is 267 g/mol. The van der Waals surface area contributed by atoms with Crippen molar-refractivity contribution < 1.29 is 14.7 Å². The molecule has 1 saturated carbocycles. The van der Waals surface area contributed by atoms with Crippen LogP contribution < -0.4 is 0 Å². The number of allylic oxidation sites excluding steroid dienone is 2. The molecule has 4 heteroatoms. The Balaban J connectivity index is 2.78. The van der Waals surface area contributed by atoms with Crippen LogP contribution in [0.5, 0.6) is 0 Å². The van der Waals surface area contributed by atoms with Crippen molar-refractivity contribution in [2.75, 3.05) is 6.54 Å². The number of carboxylic acid groups (broad SMARTS) is 1. The van der Waals surface area contributed by atoms with Crippen LogP contribution in [0, 0.1) is 5.92 Å². The zero-order chi connectivity index (χ0) is 14.4. The fraction of sp³-hybridized carbons (Fsp3) is 0.733. The van der Waals surface area contributed by atoms with E-state index in [1.807, 2.05) is 18.7 Å². The summed E-state index contributed by atoms with van der Waals surface area (Å²) in [6.45, 7) is 6.06. The number of hydrogen-bond donors (Lipinski definition) is 1. The third-order valence-electron chi connectivity index (χ3n) is 3.76. The SMILES string of the molecule is CC/C=C\C[C@@H]1C(=O)CC[C@@H]1N(CC(=O)O)C(C)C. The van der Waals surface area contributed by atoms with Crippen molar-refractivity contribution in [2.45, 2.75) is 58.5 Å². The molecular weight excluding hydrogens is 242 g/mol. The van der Waals surface area contributed by atoms with Gasteiger partial charge in [0.2, 0.25) is 0 Å². The number of nitrogens with zero attached hydrogens (tertiary/aromatic N) is 1. The van der Waals surface area contributed by atoms with Gasteiger partial charge in [-0.05, 0) is 33.1 Å². The molecule has 0 radical (unpaired) electrons. The van der Waals surface area contributed by atoms with Crippen LogP contribution in [0.25, 0.3) is 0 Å². The molecule has 0 aliphatic heterocycles. The molecule has 1 rings (SSSR count). The van der Waals surface area contributed by atoms with Gasteiger partial charge < -0.3 is 5.11 Å². The molecule has 4 nitrogen and oxygen atoms in total. The Hall–Kier alpha value is -1.16. The van der Waals surface area contributed by atoms with E-state index in [1.54, 1.807) is 0 Å². The predicted molar refractivity (Wildman–Crippen MR) is 75.0 cm³/mol. The van der Waals surface area contributed by atoms with Crippen molar-refractivity contribution in [3.8, 4) is 0 Å². The summed E-state index contributed by atoms with van der Waals surface area (Å²) < 4.78 is 0. The van der Waals surface area contributed by atoms with Gasteiger partial charge in [-0.15, -0.1) is 0 Å². The molecule has 108 valence electrons. The summed E-state index contributed by atoms with van der Waals surface area (Å²) >= 11 is 0. The van der Waals surface area contributed by atoms with Gasteiger partial charge in [-0.2, -0.15) is 0 Å². The first-order valence-corrected chi connectivity index (χ1v) is 7.12. The zero-order valence-corrected chi connectivity index (χ0v) is 12.1. The molecule has 0 heterocycles. The Morgan fingerprint density at radius 3 is 2.68 bits per heavy atom. The molecule has 19 heavy (non-hydrogen) atoms. The molecule has 1 aliphatic carbocycles. The second-order valence-electron chi connectivity index (χ2n) is 5.45. The van der Waals surface area contributed by atoms with E-state index in [9.17, 15) is 9.59 Å². The smallest absolute Gasteiger partial charge is 0.317 e. The minimum Gasteiger partial charge on any atom is -0.480 e. The number of hydrogen-bond acceptors (Lipinski definition) is 3. The third kappa shape index (κ3) is 4.46. The van der Waals surface area contributed by atoms with Crippen molar-refractivity contribution in [1.29, 1.82) is 0 Å². The molecule has 0 unspecified atom stereocenters. The topological polar surface area (TPSA) is 57.6 Å². The standard InChI is InChI=1S/C15H25NO3/c1-4-5-6-7-12-13(8-9-14(12)17)16(11(2)3)10-15(18)19/h5-6,11-13H,4,7-10H2,1-3H3,(H,18,19)/b6-5-/t12-,13-/m0/s1. The normalized spacial score (nSPS) is 23.9. The number of aliphatic carboxylic acids is 1. The Labute approximate surface area is 115 Å². The van der Waals surface area contributed by atoms with Crippen LogP contribution in [0.3, 0.4) is 0 Å². The highest BCUT2D eigenvalue weighted by atomic mass is 16.4. The van der Waals surface area contributed by atoms with E-state index in [0.717, 1.165) is 19.3 Å². The molecule has 0 aromatic rings. The van der Waals surface area contributed by atoms with E-state index in [0.29, 0.717) is 6.42 Å². The molecule has 0 spiro atoms. The third-order valence-corrected chi connectivity index (χ3v) is 3.76. The average Bonchev–Trinajstić information content (AvgIpc) is 2.68. The van der Waals surface area contributed by atoms with Crippen LogP contribution in [0.1, 0.15) is 46.5 Å². The number of ketones is 1. The van der Waals surface area contributed by atoms with Crippen molar-refractivity contribution in [3.63, 3.8) is 0 Å². The first kappa shape index (κ1) is 15.9. The highest BCUT2D eigenvalue weighted by Crippen LogP contribution is 2.31. The Morgan fingerprint density at radius 2 is 2.16 bits per heavy atom. The summed E-state index contributed by atoms with van der Waals surface area (Å²) in [5.41, 5.74) is 0. The Bertz CT molecular complexity index is 349. The van der Waals surface area contributed by atoms with Crippen LogP contribution in [0.2, 0.25) is 0 Å². The summed E-state index contributed by atoms with van der Waals surface area (Å²) in [5, 5.41) is 9.02. The Morgan fingerprint density at radius 1 is 1.47 bits per heavy atom. The van der Waals surface area contributed by atoms with Crippen LogP contribution in [0.4, 0.5) is 0 Å². The lowest BCUT2D eigenvalue weighted by Crippen LogP contribution is -2.46. The van der Waals surface area contributed by atoms with E-state index >= 15 is 0 Å². The molecule has 2 atom stereocenters. The largest absolute Gasteiger partial charge is 0.480 e. The first-order valence-electron chi connectivity index (χ1n) is 7.12. The lowest BCUT2D eigenvalue weighted by molar-refractivity contribution is -0.140. The van der Waals surface area contributed by atoms with Gasteiger partial charge in [0, 0.05) is 24.4 Å². The van der Waals surface area contributed by atoms with Crippen molar-refractivity contribution >= 4 is 11.8 Å². The van der Waals surface area contributed by atoms with Gasteiger partial charge in [0.05, 0.1) is 6.54 Å². The molecular formula is C15H25NO3. The van der Waals surface area contributed by atoms with E-state index in [4.69, 9.17) is 5.11 Å². The molecule has 1 aliphatic rings. The van der Waals surface area contributed by atoms with Gasteiger partial charge in [0.25, 0.3) is 0 Å². The number of carbonyl (C=O) groups excluding carboxylic acids is 1. The first-order chi connectivity index (χ1) is 8.97. The summed E-state index contributed by atoms with van der Waals surface area (Å²) in [5.74, 6) is -0.581. The summed E-state index contributed by atoms with van der Waals surface area (Å²) in [6, 6.07) is 0.217. The van der Waals surface area contributed by atoms with E-state index in [-0.39, 0.29) is 30.3 Å². The minimum atomic E-state index is -0.823. The van der Waals surface area contributed by atoms with Crippen molar-refractivity contribution in [3.05, 3.63) is 12.2 Å². The quantitative estimate of drug-likeness (QED) is 0.720. The van der Waals surface area contributed by atoms with Gasteiger partial charge in [-0.25, -0.2) is 0 Å². The summed E-state index contributed by atoms with van der Waals surface area (Å²) in [6.07, 6.45) is 7.20. The lowest BCUT2D eigenvalue weighted by Gasteiger charge is -2.34. The molecule has 0 aromatic heterocycles. The summed E-state index contributed by atoms with van der Waals surface area (Å²) in [4.78, 5) is 24.9. The molecule has 0 saturated heterocycles. The van der Waals surface area contributed by atoms with Crippen LogP contribution in [-0.4, -0.2) is 40.4 Å². The van der Waals surface area contributed by atoms with Gasteiger partial charge >= 0.3 is 5.97 Å². The van der Waals surface area contributed by atoms with E-state index in [1.165, 1.54) is 0 Å². The zero-order valence-electron chi connectivity index (χ0n) is 12.1. The summed E-state index contributed by atoms with van der Waals surface area (Å²) in [7, 11) is 0. The number of carboxylic acids is 1. The highest BCUT2D eigenvalue weighted by molar-refractivity contribution is 5.84. The number of carbonyl (C=O) groups is 2. The maximum absolute atomic E-state index is 12.0. The maximum atomic E-state index is 12.0. The fourth-order valence-corrected chi connectivity index (χ4v) is 2.83. The van der Waals surface area contributed by atoms with E-state index < -0.39 is 5.97 Å². The number of Topliss-reactive ketones (excluding diaryl/α,β-unsaturated/α-hetero) is 1. The maximum Gasteiger partial charge on any atom is 0.317 e. The lowest BCUT2D eigenvalue weighted by atomic mass is 9.96. The van der Waals surface area contributed by atoms with Crippen LogP contribution in [-0.2, 0) is 9.59 Å². The monoisotopic (exact) mass is 267 g/mol. The van der Waals surface area contributed by atoms with Gasteiger partial charge in [0.1, 0.15) is 5.78 Å². The van der Waals surface area contributed by atoms with Crippen LogP contribution in [0.15, 0.2) is 12.2 Å². The second kappa shape index (κ2) is 7.43. The molecule has 0 amide bonds. The van der Waals surface area contributed by atoms with Crippen LogP contribution >= 0.6 is 0 Å². The van der Waals surface area contributed by atoms with Gasteiger partial charge in [0.15, 0.2) is 0 Å². The van der Waals surface area contributed by atoms with Gasteiger partial charge in [-0.1, -0.05) is 19.1 Å². The molecule has 0 aromatic carbocycles. The number of rotatable bonds is 7. The molecule has 1 N–H and O–H groups in total. The molecule has 0 bridgehead atoms. The van der Waals surface area contributed by atoms with Crippen molar-refractivity contribution in [1.82, 2.24) is 4.90 Å². The Kier molecular flexibility index (Phi) is 6.22. The predicted octanol–water partition coefficient (Wildman–Crippen LogP) is 2.49. The molecule has 1 fully saturated rings. The van der Waals surface area contributed by atoms with Crippen molar-refractivity contribution in [2.24, 2.45) is 5.92 Å².